The van der Waals surface area contributed by atoms with E-state index in [1.807, 2.05) is 24.7 Å². The second kappa shape index (κ2) is 7.05. The zero-order valence-corrected chi connectivity index (χ0v) is 13.2. The number of aromatic nitrogens is 2. The largest absolute Gasteiger partial charge is 0.299 e. The second-order valence-electron chi connectivity index (χ2n) is 6.40. The van der Waals surface area contributed by atoms with Crippen molar-refractivity contribution in [3.05, 3.63) is 17.5 Å². The highest BCUT2D eigenvalue weighted by Crippen LogP contribution is 2.32. The highest BCUT2D eigenvalue weighted by molar-refractivity contribution is 5.83. The second-order valence-corrected chi connectivity index (χ2v) is 6.40. The van der Waals surface area contributed by atoms with Crippen molar-refractivity contribution in [2.45, 2.75) is 65.2 Å². The van der Waals surface area contributed by atoms with Crippen molar-refractivity contribution in [1.29, 1.82) is 0 Å². The molecule has 0 atom stereocenters. The number of Topliss-reactive ketones (excluding diaryl/α,β-unsaturated/α-hetero) is 1. The number of hydrogen-bond acceptors (Lipinski definition) is 2. The topological polar surface area (TPSA) is 34.9 Å². The molecular weight excluding hydrogens is 248 g/mol. The van der Waals surface area contributed by atoms with E-state index in [0.717, 1.165) is 30.1 Å². The fourth-order valence-corrected chi connectivity index (χ4v) is 3.42. The molecule has 0 amide bonds. The molecule has 0 aliphatic heterocycles. The van der Waals surface area contributed by atoms with Crippen LogP contribution in [0.15, 0.2) is 6.07 Å². The predicted molar refractivity (Wildman–Crippen MR) is 81.6 cm³/mol. The summed E-state index contributed by atoms with van der Waals surface area (Å²) in [7, 11) is 1.93. The third kappa shape index (κ3) is 3.94. The summed E-state index contributed by atoms with van der Waals surface area (Å²) < 4.78 is 1.85. The lowest BCUT2D eigenvalue weighted by molar-refractivity contribution is -0.123. The summed E-state index contributed by atoms with van der Waals surface area (Å²) >= 11 is 0. The Balaban J connectivity index is 1.81. The van der Waals surface area contributed by atoms with Gasteiger partial charge in [-0.1, -0.05) is 26.2 Å². The molecule has 2 rings (SSSR count). The molecule has 0 aromatic carbocycles. The molecule has 0 saturated heterocycles. The summed E-state index contributed by atoms with van der Waals surface area (Å²) in [4.78, 5) is 12.4. The molecular formula is C17H28N2O. The van der Waals surface area contributed by atoms with Crippen molar-refractivity contribution in [3.8, 4) is 0 Å². The van der Waals surface area contributed by atoms with Gasteiger partial charge in [-0.3, -0.25) is 9.48 Å². The third-order valence-corrected chi connectivity index (χ3v) is 4.72. The Hall–Kier alpha value is -1.12. The van der Waals surface area contributed by atoms with Gasteiger partial charge in [0, 0.05) is 25.1 Å². The van der Waals surface area contributed by atoms with Crippen LogP contribution in [-0.2, 0) is 18.3 Å². The first-order chi connectivity index (χ1) is 9.60. The van der Waals surface area contributed by atoms with Crippen LogP contribution in [0.25, 0.3) is 0 Å². The quantitative estimate of drug-likeness (QED) is 0.791. The Kier molecular flexibility index (Phi) is 5.38. The molecule has 0 unspecified atom stereocenters. The minimum Gasteiger partial charge on any atom is -0.299 e. The van der Waals surface area contributed by atoms with Crippen LogP contribution < -0.4 is 0 Å². The summed E-state index contributed by atoms with van der Waals surface area (Å²) in [6.07, 6.45) is 9.26. The van der Waals surface area contributed by atoms with Gasteiger partial charge < -0.3 is 0 Å². The van der Waals surface area contributed by atoms with Crippen molar-refractivity contribution in [2.75, 3.05) is 0 Å². The average Bonchev–Trinajstić information content (AvgIpc) is 2.75. The summed E-state index contributed by atoms with van der Waals surface area (Å²) in [5, 5.41) is 4.32. The number of aryl methyl sites for hydroxylation is 2. The van der Waals surface area contributed by atoms with Crippen LogP contribution >= 0.6 is 0 Å². The van der Waals surface area contributed by atoms with Gasteiger partial charge in [0.2, 0.25) is 0 Å². The lowest BCUT2D eigenvalue weighted by atomic mass is 9.77. The van der Waals surface area contributed by atoms with Crippen molar-refractivity contribution in [3.63, 3.8) is 0 Å². The predicted octanol–water partition coefficient (Wildman–Crippen LogP) is 3.84. The van der Waals surface area contributed by atoms with E-state index >= 15 is 0 Å². The Labute approximate surface area is 122 Å². The molecule has 1 aliphatic carbocycles. The molecule has 0 bridgehead atoms. The SMILES string of the molecule is CCCCC1CCC(C(=O)Cc2cc(C)nn2C)CC1. The molecule has 112 valence electrons. The fraction of sp³-hybridized carbons (Fsp3) is 0.765. The van der Waals surface area contributed by atoms with E-state index in [9.17, 15) is 4.79 Å². The summed E-state index contributed by atoms with van der Waals surface area (Å²) in [6, 6.07) is 2.03. The molecule has 1 saturated carbocycles. The van der Waals surface area contributed by atoms with E-state index in [0.29, 0.717) is 18.1 Å². The van der Waals surface area contributed by atoms with Gasteiger partial charge in [0.15, 0.2) is 0 Å². The smallest absolute Gasteiger partial charge is 0.141 e. The third-order valence-electron chi connectivity index (χ3n) is 4.72. The van der Waals surface area contributed by atoms with Gasteiger partial charge in [0.1, 0.15) is 5.78 Å². The van der Waals surface area contributed by atoms with Crippen molar-refractivity contribution in [2.24, 2.45) is 18.9 Å². The Morgan fingerprint density at radius 3 is 2.60 bits per heavy atom. The number of nitrogens with zero attached hydrogens (tertiary/aromatic N) is 2. The van der Waals surface area contributed by atoms with Crippen molar-refractivity contribution >= 4 is 5.78 Å². The highest BCUT2D eigenvalue weighted by atomic mass is 16.1. The lowest BCUT2D eigenvalue weighted by Crippen LogP contribution is -2.24. The Bertz CT molecular complexity index is 442. The van der Waals surface area contributed by atoms with E-state index in [2.05, 4.69) is 12.0 Å². The average molecular weight is 276 g/mol. The molecule has 1 heterocycles. The first-order valence-corrected chi connectivity index (χ1v) is 8.12. The molecule has 3 heteroatoms. The molecule has 1 aromatic rings. The van der Waals surface area contributed by atoms with Crippen LogP contribution in [0.4, 0.5) is 0 Å². The van der Waals surface area contributed by atoms with Crippen LogP contribution in [-0.4, -0.2) is 15.6 Å². The van der Waals surface area contributed by atoms with E-state index in [1.165, 1.54) is 32.1 Å². The molecule has 1 aromatic heterocycles. The van der Waals surface area contributed by atoms with Gasteiger partial charge in [-0.25, -0.2) is 0 Å². The van der Waals surface area contributed by atoms with Crippen LogP contribution in [0, 0.1) is 18.8 Å². The minimum atomic E-state index is 0.295. The zero-order chi connectivity index (χ0) is 14.5. The molecule has 1 fully saturated rings. The normalized spacial score (nSPS) is 22.9. The van der Waals surface area contributed by atoms with E-state index in [4.69, 9.17) is 0 Å². The number of hydrogen-bond donors (Lipinski definition) is 0. The Morgan fingerprint density at radius 2 is 2.05 bits per heavy atom. The molecule has 1 aliphatic rings. The van der Waals surface area contributed by atoms with Gasteiger partial charge >= 0.3 is 0 Å². The fourth-order valence-electron chi connectivity index (χ4n) is 3.42. The molecule has 3 nitrogen and oxygen atoms in total. The van der Waals surface area contributed by atoms with Crippen molar-refractivity contribution in [1.82, 2.24) is 9.78 Å². The van der Waals surface area contributed by atoms with Gasteiger partial charge in [-0.15, -0.1) is 0 Å². The van der Waals surface area contributed by atoms with Gasteiger partial charge in [0.05, 0.1) is 5.69 Å². The number of carbonyl (C=O) groups excluding carboxylic acids is 1. The number of rotatable bonds is 6. The number of unbranched alkanes of at least 4 members (excludes halogenated alkanes) is 1. The van der Waals surface area contributed by atoms with Crippen LogP contribution in [0.5, 0.6) is 0 Å². The number of carbonyl (C=O) groups is 1. The Morgan fingerprint density at radius 1 is 1.35 bits per heavy atom. The first kappa shape index (κ1) is 15.3. The van der Waals surface area contributed by atoms with Gasteiger partial charge in [-0.05, 0) is 44.6 Å². The van der Waals surface area contributed by atoms with Gasteiger partial charge in [-0.2, -0.15) is 5.10 Å². The maximum atomic E-state index is 12.4. The summed E-state index contributed by atoms with van der Waals surface area (Å²) in [5.41, 5.74) is 2.05. The zero-order valence-electron chi connectivity index (χ0n) is 13.2. The lowest BCUT2D eigenvalue weighted by Gasteiger charge is -2.27. The van der Waals surface area contributed by atoms with Crippen LogP contribution in [0.3, 0.4) is 0 Å². The summed E-state index contributed by atoms with van der Waals surface area (Å²) in [5.74, 6) is 1.59. The standard InChI is InChI=1S/C17H28N2O/c1-4-5-6-14-7-9-15(10-8-14)17(20)12-16-11-13(2)18-19(16)3/h11,14-15H,4-10,12H2,1-3H3. The van der Waals surface area contributed by atoms with E-state index < -0.39 is 0 Å². The maximum absolute atomic E-state index is 12.4. The molecule has 0 N–H and O–H groups in total. The molecule has 20 heavy (non-hydrogen) atoms. The van der Waals surface area contributed by atoms with Crippen molar-refractivity contribution < 1.29 is 4.79 Å². The molecule has 0 radical (unpaired) electrons. The monoisotopic (exact) mass is 276 g/mol. The maximum Gasteiger partial charge on any atom is 0.141 e. The number of ketones is 1. The van der Waals surface area contributed by atoms with E-state index in [1.54, 1.807) is 0 Å². The highest BCUT2D eigenvalue weighted by Gasteiger charge is 2.26. The summed E-state index contributed by atoms with van der Waals surface area (Å²) in [6.45, 7) is 4.23. The van der Waals surface area contributed by atoms with Crippen LogP contribution in [0.1, 0.15) is 63.3 Å². The first-order valence-electron chi connectivity index (χ1n) is 8.12. The van der Waals surface area contributed by atoms with E-state index in [-0.39, 0.29) is 0 Å². The minimum absolute atomic E-state index is 0.295. The molecule has 0 spiro atoms. The van der Waals surface area contributed by atoms with Gasteiger partial charge in [0.25, 0.3) is 0 Å². The van der Waals surface area contributed by atoms with Crippen LogP contribution in [0.2, 0.25) is 0 Å².